The molecule has 0 radical (unpaired) electrons. The van der Waals surface area contributed by atoms with Crippen molar-refractivity contribution >= 4 is 31.3 Å². The Morgan fingerprint density at radius 3 is 2.71 bits per heavy atom. The third kappa shape index (κ3) is 4.28. The minimum atomic E-state index is -2.87. The van der Waals surface area contributed by atoms with Gasteiger partial charge in [0.15, 0.2) is 0 Å². The first-order valence-electron chi connectivity index (χ1n) is 7.47. The van der Waals surface area contributed by atoms with E-state index in [1.54, 1.807) is 18.3 Å². The molecule has 0 amide bonds. The normalized spacial score (nSPS) is 13.6. The topological polar surface area (TPSA) is 46.2 Å². The van der Waals surface area contributed by atoms with Gasteiger partial charge in [-0.15, -0.1) is 11.3 Å². The van der Waals surface area contributed by atoms with Gasteiger partial charge in [0.05, 0.1) is 5.75 Å². The van der Waals surface area contributed by atoms with E-state index in [0.29, 0.717) is 6.42 Å². The molecular weight excluding hydrogens is 302 g/mol. The lowest BCUT2D eigenvalue weighted by Gasteiger charge is -2.17. The molecule has 3 nitrogen and oxygen atoms in total. The Bertz CT molecular complexity index is 676. The van der Waals surface area contributed by atoms with Crippen LogP contribution in [0.4, 0.5) is 0 Å². The van der Waals surface area contributed by atoms with Crippen molar-refractivity contribution in [2.75, 3.05) is 18.1 Å². The van der Waals surface area contributed by atoms with Gasteiger partial charge >= 0.3 is 0 Å². The van der Waals surface area contributed by atoms with E-state index in [9.17, 15) is 8.42 Å². The first-order valence-corrected chi connectivity index (χ1v) is 10.2. The average molecular weight is 325 g/mol. The highest BCUT2D eigenvalue weighted by Crippen LogP contribution is 2.32. The summed E-state index contributed by atoms with van der Waals surface area (Å²) < 4.78 is 24.5. The Hall–Kier alpha value is -0.910. The zero-order chi connectivity index (χ0) is 15.3. The Labute approximate surface area is 131 Å². The number of sulfone groups is 1. The van der Waals surface area contributed by atoms with Crippen LogP contribution in [-0.4, -0.2) is 26.5 Å². The van der Waals surface area contributed by atoms with Crippen LogP contribution in [0.2, 0.25) is 0 Å². The lowest BCUT2D eigenvalue weighted by Crippen LogP contribution is -2.21. The molecule has 21 heavy (non-hydrogen) atoms. The maximum absolute atomic E-state index is 11.6. The summed E-state index contributed by atoms with van der Waals surface area (Å²) in [6.07, 6.45) is 1.56. The summed E-state index contributed by atoms with van der Waals surface area (Å²) in [6.45, 7) is 4.68. The highest BCUT2D eigenvalue weighted by Gasteiger charge is 2.16. The van der Waals surface area contributed by atoms with E-state index in [-0.39, 0.29) is 17.5 Å². The molecule has 2 aromatic rings. The fourth-order valence-electron chi connectivity index (χ4n) is 2.53. The van der Waals surface area contributed by atoms with Crippen molar-refractivity contribution in [2.24, 2.45) is 0 Å². The molecule has 0 fully saturated rings. The second kappa shape index (κ2) is 7.38. The second-order valence-electron chi connectivity index (χ2n) is 5.18. The van der Waals surface area contributed by atoms with Crippen LogP contribution in [0.25, 0.3) is 10.1 Å². The summed E-state index contributed by atoms with van der Waals surface area (Å²) in [5.41, 5.74) is 1.30. The third-order valence-electron chi connectivity index (χ3n) is 3.72. The molecule has 1 N–H and O–H groups in total. The van der Waals surface area contributed by atoms with Crippen molar-refractivity contribution in [1.29, 1.82) is 0 Å². The standard InChI is InChI=1S/C16H23NO2S2/c1-3-17-15(9-7-11-21(18,19)4-2)14-12-20-16-10-6-5-8-13(14)16/h5-6,8,10,12,15,17H,3-4,7,9,11H2,1-2H3. The van der Waals surface area contributed by atoms with Crippen LogP contribution in [-0.2, 0) is 9.84 Å². The molecule has 0 aliphatic heterocycles. The number of hydrogen-bond acceptors (Lipinski definition) is 4. The van der Waals surface area contributed by atoms with Gasteiger partial charge in [-0.1, -0.05) is 32.0 Å². The first kappa shape index (κ1) is 16.5. The lowest BCUT2D eigenvalue weighted by atomic mass is 10.0. The monoisotopic (exact) mass is 325 g/mol. The molecule has 0 saturated carbocycles. The summed E-state index contributed by atoms with van der Waals surface area (Å²) >= 11 is 1.75. The molecule has 0 bridgehead atoms. The Balaban J connectivity index is 2.12. The lowest BCUT2D eigenvalue weighted by molar-refractivity contribution is 0.510. The minimum Gasteiger partial charge on any atom is -0.310 e. The minimum absolute atomic E-state index is 0.234. The predicted molar refractivity (Wildman–Crippen MR) is 91.8 cm³/mol. The summed E-state index contributed by atoms with van der Waals surface area (Å²) in [4.78, 5) is 0. The second-order valence-corrected chi connectivity index (χ2v) is 8.56. The number of fused-ring (bicyclic) bond motifs is 1. The molecule has 1 unspecified atom stereocenters. The van der Waals surface area contributed by atoms with E-state index in [1.165, 1.54) is 15.6 Å². The van der Waals surface area contributed by atoms with Gasteiger partial charge in [0.25, 0.3) is 0 Å². The van der Waals surface area contributed by atoms with Gasteiger partial charge in [-0.25, -0.2) is 8.42 Å². The van der Waals surface area contributed by atoms with E-state index in [2.05, 4.69) is 41.9 Å². The van der Waals surface area contributed by atoms with Crippen molar-refractivity contribution < 1.29 is 8.42 Å². The van der Waals surface area contributed by atoms with Crippen LogP contribution in [0.3, 0.4) is 0 Å². The number of benzene rings is 1. The summed E-state index contributed by atoms with van der Waals surface area (Å²) in [5, 5.41) is 6.98. The highest BCUT2D eigenvalue weighted by atomic mass is 32.2. The summed E-state index contributed by atoms with van der Waals surface area (Å²) in [7, 11) is -2.87. The van der Waals surface area contributed by atoms with E-state index in [1.807, 2.05) is 0 Å². The van der Waals surface area contributed by atoms with Gasteiger partial charge in [-0.2, -0.15) is 0 Å². The van der Waals surface area contributed by atoms with Crippen molar-refractivity contribution in [1.82, 2.24) is 5.32 Å². The number of rotatable bonds is 8. The van der Waals surface area contributed by atoms with Gasteiger partial charge in [0.1, 0.15) is 9.84 Å². The smallest absolute Gasteiger partial charge is 0.150 e. The molecule has 1 atom stereocenters. The maximum Gasteiger partial charge on any atom is 0.150 e. The SMILES string of the molecule is CCNC(CCCS(=O)(=O)CC)c1csc2ccccc12. The van der Waals surface area contributed by atoms with Crippen LogP contribution in [0.15, 0.2) is 29.6 Å². The van der Waals surface area contributed by atoms with Crippen molar-refractivity contribution in [3.05, 3.63) is 35.2 Å². The molecular formula is C16H23NO2S2. The van der Waals surface area contributed by atoms with Crippen molar-refractivity contribution in [3.63, 3.8) is 0 Å². The number of nitrogens with one attached hydrogen (secondary N) is 1. The Morgan fingerprint density at radius 1 is 1.24 bits per heavy atom. The molecule has 0 saturated heterocycles. The van der Waals surface area contributed by atoms with Gasteiger partial charge in [-0.05, 0) is 41.8 Å². The quantitative estimate of drug-likeness (QED) is 0.803. The van der Waals surface area contributed by atoms with E-state index >= 15 is 0 Å². The average Bonchev–Trinajstić information content (AvgIpc) is 2.90. The third-order valence-corrected chi connectivity index (χ3v) is 6.50. The van der Waals surface area contributed by atoms with Crippen molar-refractivity contribution in [2.45, 2.75) is 32.7 Å². The summed E-state index contributed by atoms with van der Waals surface area (Å²) in [5.74, 6) is 0.522. The summed E-state index contributed by atoms with van der Waals surface area (Å²) in [6, 6.07) is 8.63. The van der Waals surface area contributed by atoms with Gasteiger partial charge in [0.2, 0.25) is 0 Å². The van der Waals surface area contributed by atoms with Crippen LogP contribution < -0.4 is 5.32 Å². The van der Waals surface area contributed by atoms with E-state index in [0.717, 1.165) is 13.0 Å². The highest BCUT2D eigenvalue weighted by molar-refractivity contribution is 7.91. The molecule has 1 aromatic heterocycles. The van der Waals surface area contributed by atoms with Crippen LogP contribution >= 0.6 is 11.3 Å². The first-order chi connectivity index (χ1) is 10.1. The Morgan fingerprint density at radius 2 is 2.00 bits per heavy atom. The predicted octanol–water partition coefficient (Wildman–Crippen LogP) is 3.77. The zero-order valence-electron chi connectivity index (χ0n) is 12.6. The molecule has 0 spiro atoms. The number of hydrogen-bond donors (Lipinski definition) is 1. The van der Waals surface area contributed by atoms with Crippen LogP contribution in [0.1, 0.15) is 38.3 Å². The molecule has 0 aliphatic carbocycles. The van der Waals surface area contributed by atoms with E-state index in [4.69, 9.17) is 0 Å². The molecule has 116 valence electrons. The molecule has 1 aromatic carbocycles. The van der Waals surface area contributed by atoms with Gasteiger partial charge < -0.3 is 5.32 Å². The van der Waals surface area contributed by atoms with Crippen LogP contribution in [0.5, 0.6) is 0 Å². The largest absolute Gasteiger partial charge is 0.310 e. The maximum atomic E-state index is 11.6. The fraction of sp³-hybridized carbons (Fsp3) is 0.500. The Kier molecular flexibility index (Phi) is 5.79. The molecule has 1 heterocycles. The van der Waals surface area contributed by atoms with E-state index < -0.39 is 9.84 Å². The molecule has 0 aliphatic rings. The molecule has 5 heteroatoms. The molecule has 2 rings (SSSR count). The van der Waals surface area contributed by atoms with Gasteiger partial charge in [-0.3, -0.25) is 0 Å². The van der Waals surface area contributed by atoms with Crippen molar-refractivity contribution in [3.8, 4) is 0 Å². The number of thiophene rings is 1. The van der Waals surface area contributed by atoms with Crippen LogP contribution in [0, 0.1) is 0 Å². The van der Waals surface area contributed by atoms with Gasteiger partial charge in [0, 0.05) is 16.5 Å². The zero-order valence-corrected chi connectivity index (χ0v) is 14.3. The fourth-order valence-corrected chi connectivity index (χ4v) is 4.44.